The molecule has 1 N–H and O–H groups in total. The molecule has 1 saturated heterocycles. The average Bonchev–Trinajstić information content (AvgIpc) is 3.14. The highest BCUT2D eigenvalue weighted by Gasteiger charge is 2.38. The van der Waals surface area contributed by atoms with Gasteiger partial charge in [0.05, 0.1) is 10.7 Å². The largest absolute Gasteiger partial charge is 0.311 e. The van der Waals surface area contributed by atoms with Crippen molar-refractivity contribution in [3.8, 4) is 0 Å². The van der Waals surface area contributed by atoms with Gasteiger partial charge in [0.25, 0.3) is 0 Å². The van der Waals surface area contributed by atoms with Gasteiger partial charge in [0.15, 0.2) is 0 Å². The zero-order valence-electron chi connectivity index (χ0n) is 12.1. The van der Waals surface area contributed by atoms with E-state index < -0.39 is 0 Å². The molecule has 3 rings (SSSR count). The minimum Gasteiger partial charge on any atom is -0.311 e. The average molecular weight is 279 g/mol. The topological polar surface area (TPSA) is 28.2 Å². The Morgan fingerprint density at radius 1 is 1.47 bits per heavy atom. The van der Waals surface area contributed by atoms with Gasteiger partial charge in [-0.05, 0) is 32.1 Å². The zero-order valence-corrected chi connectivity index (χ0v) is 12.9. The first-order chi connectivity index (χ1) is 9.26. The highest BCUT2D eigenvalue weighted by molar-refractivity contribution is 7.09. The van der Waals surface area contributed by atoms with Crippen molar-refractivity contribution in [3.63, 3.8) is 0 Å². The molecular weight excluding hydrogens is 254 g/mol. The number of hydrogen-bond donors (Lipinski definition) is 1. The summed E-state index contributed by atoms with van der Waals surface area (Å²) in [5.74, 6) is 0.940. The van der Waals surface area contributed by atoms with Crippen molar-refractivity contribution in [2.24, 2.45) is 5.92 Å². The summed E-state index contributed by atoms with van der Waals surface area (Å²) >= 11 is 1.78. The van der Waals surface area contributed by atoms with E-state index >= 15 is 0 Å². The second kappa shape index (κ2) is 5.90. The van der Waals surface area contributed by atoms with E-state index in [1.807, 2.05) is 0 Å². The lowest BCUT2D eigenvalue weighted by Crippen LogP contribution is -2.56. The lowest BCUT2D eigenvalue weighted by atomic mass is 10.0. The van der Waals surface area contributed by atoms with Crippen molar-refractivity contribution in [2.75, 3.05) is 13.1 Å². The number of rotatable bonds is 5. The van der Waals surface area contributed by atoms with Crippen LogP contribution in [-0.4, -0.2) is 35.1 Å². The van der Waals surface area contributed by atoms with Gasteiger partial charge >= 0.3 is 0 Å². The molecule has 2 fully saturated rings. The molecule has 4 heteroatoms. The fraction of sp³-hybridized carbons (Fsp3) is 0.800. The molecule has 1 aliphatic heterocycles. The van der Waals surface area contributed by atoms with Gasteiger partial charge in [-0.25, -0.2) is 4.98 Å². The van der Waals surface area contributed by atoms with Crippen LogP contribution in [0.15, 0.2) is 5.38 Å². The predicted molar refractivity (Wildman–Crippen MR) is 80.5 cm³/mol. The molecule has 1 aliphatic carbocycles. The number of hydrogen-bond acceptors (Lipinski definition) is 4. The van der Waals surface area contributed by atoms with Crippen molar-refractivity contribution < 1.29 is 0 Å². The highest BCUT2D eigenvalue weighted by Crippen LogP contribution is 2.37. The third-order valence-corrected chi connectivity index (χ3v) is 5.20. The minimum absolute atomic E-state index is 0.680. The van der Waals surface area contributed by atoms with E-state index in [1.54, 1.807) is 11.3 Å². The molecule has 1 aromatic rings. The molecule has 1 saturated carbocycles. The SMILES string of the molecule is CCCC1CN(Cc2csc(C)n2)C(C2CC2)CN1. The van der Waals surface area contributed by atoms with Crippen molar-refractivity contribution in [2.45, 2.75) is 58.2 Å². The summed E-state index contributed by atoms with van der Waals surface area (Å²) in [6.07, 6.45) is 5.42. The van der Waals surface area contributed by atoms with Gasteiger partial charge in [-0.2, -0.15) is 0 Å². The lowest BCUT2D eigenvalue weighted by molar-refractivity contribution is 0.103. The number of aryl methyl sites for hydroxylation is 1. The van der Waals surface area contributed by atoms with E-state index in [2.05, 4.69) is 34.4 Å². The van der Waals surface area contributed by atoms with Gasteiger partial charge in [-0.3, -0.25) is 4.90 Å². The molecule has 106 valence electrons. The number of nitrogens with zero attached hydrogens (tertiary/aromatic N) is 2. The summed E-state index contributed by atoms with van der Waals surface area (Å²) < 4.78 is 0. The van der Waals surface area contributed by atoms with Crippen molar-refractivity contribution in [1.82, 2.24) is 15.2 Å². The molecule has 0 spiro atoms. The molecular formula is C15H25N3S. The maximum absolute atomic E-state index is 4.65. The van der Waals surface area contributed by atoms with Gasteiger partial charge in [-0.15, -0.1) is 11.3 Å². The van der Waals surface area contributed by atoms with Crippen molar-refractivity contribution >= 4 is 11.3 Å². The Labute approximate surface area is 120 Å². The van der Waals surface area contributed by atoms with Gasteiger partial charge < -0.3 is 5.32 Å². The second-order valence-corrected chi connectivity index (χ2v) is 7.15. The molecule has 2 heterocycles. The zero-order chi connectivity index (χ0) is 13.2. The van der Waals surface area contributed by atoms with Crippen molar-refractivity contribution in [3.05, 3.63) is 16.1 Å². The summed E-state index contributed by atoms with van der Waals surface area (Å²) in [6.45, 7) is 7.81. The van der Waals surface area contributed by atoms with Gasteiger partial charge in [0.2, 0.25) is 0 Å². The predicted octanol–water partition coefficient (Wildman–Crippen LogP) is 2.80. The van der Waals surface area contributed by atoms with Crippen LogP contribution in [0.3, 0.4) is 0 Å². The molecule has 2 unspecified atom stereocenters. The Hall–Kier alpha value is -0.450. The van der Waals surface area contributed by atoms with Gasteiger partial charge in [0, 0.05) is 37.1 Å². The quantitative estimate of drug-likeness (QED) is 0.898. The van der Waals surface area contributed by atoms with Crippen molar-refractivity contribution in [1.29, 1.82) is 0 Å². The smallest absolute Gasteiger partial charge is 0.0897 e. The monoisotopic (exact) mass is 279 g/mol. The fourth-order valence-electron chi connectivity index (χ4n) is 3.26. The summed E-state index contributed by atoms with van der Waals surface area (Å²) in [6, 6.07) is 1.43. The number of nitrogens with one attached hydrogen (secondary N) is 1. The molecule has 2 aliphatic rings. The van der Waals surface area contributed by atoms with E-state index in [-0.39, 0.29) is 0 Å². The number of aromatic nitrogens is 1. The molecule has 1 aromatic heterocycles. The van der Waals surface area contributed by atoms with Crippen LogP contribution < -0.4 is 5.32 Å². The van der Waals surface area contributed by atoms with E-state index in [1.165, 1.54) is 49.5 Å². The lowest BCUT2D eigenvalue weighted by Gasteiger charge is -2.40. The van der Waals surface area contributed by atoms with Crippen LogP contribution in [0.1, 0.15) is 43.3 Å². The molecule has 0 amide bonds. The van der Waals surface area contributed by atoms with Crippen LogP contribution in [0.5, 0.6) is 0 Å². The molecule has 2 atom stereocenters. The van der Waals surface area contributed by atoms with Gasteiger partial charge in [-0.1, -0.05) is 13.3 Å². The molecule has 0 aromatic carbocycles. The Bertz CT molecular complexity index is 413. The first kappa shape index (κ1) is 13.5. The number of piperazine rings is 1. The molecule has 0 radical (unpaired) electrons. The Morgan fingerprint density at radius 2 is 2.32 bits per heavy atom. The summed E-state index contributed by atoms with van der Waals surface area (Å²) in [7, 11) is 0. The minimum atomic E-state index is 0.680. The first-order valence-electron chi connectivity index (χ1n) is 7.64. The third kappa shape index (κ3) is 3.36. The molecule has 19 heavy (non-hydrogen) atoms. The number of thiazole rings is 1. The summed E-state index contributed by atoms with van der Waals surface area (Å²) in [5, 5.41) is 7.18. The van der Waals surface area contributed by atoms with E-state index in [0.29, 0.717) is 6.04 Å². The van der Waals surface area contributed by atoms with Gasteiger partial charge in [0.1, 0.15) is 0 Å². The normalized spacial score (nSPS) is 28.7. The van der Waals surface area contributed by atoms with E-state index in [4.69, 9.17) is 0 Å². The summed E-state index contributed by atoms with van der Waals surface area (Å²) in [5.41, 5.74) is 1.27. The van der Waals surface area contributed by atoms with Crippen LogP contribution in [0.4, 0.5) is 0 Å². The van der Waals surface area contributed by atoms with E-state index in [9.17, 15) is 0 Å². The Kier molecular flexibility index (Phi) is 4.20. The maximum Gasteiger partial charge on any atom is 0.0897 e. The fourth-order valence-corrected chi connectivity index (χ4v) is 3.86. The Balaban J connectivity index is 1.66. The van der Waals surface area contributed by atoms with Crippen LogP contribution in [0.25, 0.3) is 0 Å². The van der Waals surface area contributed by atoms with Crippen LogP contribution in [0, 0.1) is 12.8 Å². The standard InChI is InChI=1S/C15H25N3S/c1-3-4-13-8-18(9-14-10-19-11(2)17-14)15(7-16-13)12-5-6-12/h10,12-13,15-16H,3-9H2,1-2H3. The van der Waals surface area contributed by atoms with Crippen LogP contribution in [-0.2, 0) is 6.54 Å². The molecule has 3 nitrogen and oxygen atoms in total. The van der Waals surface area contributed by atoms with E-state index in [0.717, 1.165) is 18.5 Å². The second-order valence-electron chi connectivity index (χ2n) is 6.09. The maximum atomic E-state index is 4.65. The molecule has 0 bridgehead atoms. The Morgan fingerprint density at radius 3 is 2.95 bits per heavy atom. The first-order valence-corrected chi connectivity index (χ1v) is 8.52. The highest BCUT2D eigenvalue weighted by atomic mass is 32.1. The summed E-state index contributed by atoms with van der Waals surface area (Å²) in [4.78, 5) is 7.34. The van der Waals surface area contributed by atoms with Crippen LogP contribution in [0.2, 0.25) is 0 Å². The van der Waals surface area contributed by atoms with Crippen LogP contribution >= 0.6 is 11.3 Å². The third-order valence-electron chi connectivity index (χ3n) is 4.37.